The van der Waals surface area contributed by atoms with Crippen LogP contribution in [-0.4, -0.2) is 29.4 Å². The second-order valence-corrected chi connectivity index (χ2v) is 8.05. The number of aliphatic hydroxyl groups is 1. The van der Waals surface area contributed by atoms with Crippen molar-refractivity contribution in [2.45, 2.75) is 109 Å². The summed E-state index contributed by atoms with van der Waals surface area (Å²) >= 11 is 0. The first-order valence-electron chi connectivity index (χ1n) is 9.04. The van der Waals surface area contributed by atoms with E-state index in [4.69, 9.17) is 0 Å². The molecule has 2 unspecified atom stereocenters. The molecule has 4 nitrogen and oxygen atoms in total. The molecular weight excluding hydrogens is 339 g/mol. The molecule has 0 radical (unpaired) electrons. The third-order valence-corrected chi connectivity index (χ3v) is 5.51. The van der Waals surface area contributed by atoms with Gasteiger partial charge in [0.15, 0.2) is 0 Å². The Morgan fingerprint density at radius 1 is 0.783 bits per heavy atom. The molecule has 0 aromatic rings. The van der Waals surface area contributed by atoms with Crippen LogP contribution in [0.2, 0.25) is 0 Å². The number of hydrogen-bond acceptors (Lipinski definition) is 4. The minimum atomic E-state index is -4.13. The second kappa shape index (κ2) is 16.9. The summed E-state index contributed by atoms with van der Waals surface area (Å²) in [6.07, 6.45) is 11.7. The van der Waals surface area contributed by atoms with Crippen LogP contribution in [0.3, 0.4) is 0 Å². The van der Waals surface area contributed by atoms with Crippen molar-refractivity contribution in [2.75, 3.05) is 0 Å². The summed E-state index contributed by atoms with van der Waals surface area (Å²) in [6.45, 7) is 4.09. The standard InChI is InChI=1S/C17H36O4S.K/c1-3-5-14-17(22(19,20)21)15-11-9-7-6-8-10-13-16(18)12-4-2;/h16-18H,3-15H2,1-2H3,(H,19,20,21);/q;+1/p-1. The molecule has 0 aliphatic carbocycles. The topological polar surface area (TPSA) is 77.4 Å². The third kappa shape index (κ3) is 16.7. The number of rotatable bonds is 15. The maximum atomic E-state index is 11.2. The molecular formula is C17H35KO4S. The molecule has 1 N–H and O–H groups in total. The van der Waals surface area contributed by atoms with Crippen LogP contribution in [0.4, 0.5) is 0 Å². The van der Waals surface area contributed by atoms with E-state index in [1.165, 1.54) is 0 Å². The zero-order chi connectivity index (χ0) is 16.8. The fraction of sp³-hybridized carbons (Fsp3) is 1.00. The molecule has 0 heterocycles. The average molecular weight is 375 g/mol. The summed E-state index contributed by atoms with van der Waals surface area (Å²) in [4.78, 5) is 0. The van der Waals surface area contributed by atoms with Gasteiger partial charge in [0.05, 0.1) is 16.2 Å². The van der Waals surface area contributed by atoms with E-state index in [1.54, 1.807) is 0 Å². The molecule has 0 fully saturated rings. The third-order valence-electron chi connectivity index (χ3n) is 4.22. The summed E-state index contributed by atoms with van der Waals surface area (Å²) in [5, 5.41) is 8.93. The van der Waals surface area contributed by atoms with Crippen LogP contribution in [0.1, 0.15) is 97.3 Å². The molecule has 134 valence electrons. The van der Waals surface area contributed by atoms with Gasteiger partial charge in [-0.1, -0.05) is 71.6 Å². The van der Waals surface area contributed by atoms with Crippen molar-refractivity contribution in [3.8, 4) is 0 Å². The van der Waals surface area contributed by atoms with Crippen molar-refractivity contribution in [3.63, 3.8) is 0 Å². The molecule has 0 aromatic carbocycles. The van der Waals surface area contributed by atoms with E-state index in [0.29, 0.717) is 12.8 Å². The molecule has 6 heteroatoms. The van der Waals surface area contributed by atoms with E-state index >= 15 is 0 Å². The number of hydrogen-bond donors (Lipinski definition) is 1. The Labute approximate surface area is 186 Å². The van der Waals surface area contributed by atoms with Gasteiger partial charge in [0.2, 0.25) is 0 Å². The van der Waals surface area contributed by atoms with Crippen molar-refractivity contribution >= 4 is 10.1 Å². The Morgan fingerprint density at radius 3 is 1.74 bits per heavy atom. The molecule has 0 spiro atoms. The van der Waals surface area contributed by atoms with E-state index < -0.39 is 15.4 Å². The van der Waals surface area contributed by atoms with Gasteiger partial charge in [-0.2, -0.15) is 0 Å². The van der Waals surface area contributed by atoms with Gasteiger partial charge in [-0.3, -0.25) is 0 Å². The van der Waals surface area contributed by atoms with Gasteiger partial charge in [0, 0.05) is 5.25 Å². The fourth-order valence-corrected chi connectivity index (χ4v) is 3.71. The predicted octanol–water partition coefficient (Wildman–Crippen LogP) is 1.38. The summed E-state index contributed by atoms with van der Waals surface area (Å²) in [6, 6.07) is 0. The molecule has 0 aromatic heterocycles. The largest absolute Gasteiger partial charge is 1.00 e. The molecule has 0 saturated carbocycles. The Kier molecular flexibility index (Phi) is 19.7. The Bertz CT molecular complexity index is 347. The quantitative estimate of drug-likeness (QED) is 0.267. The van der Waals surface area contributed by atoms with E-state index in [-0.39, 0.29) is 57.5 Å². The Balaban J connectivity index is 0. The molecule has 0 aliphatic rings. The van der Waals surface area contributed by atoms with Gasteiger partial charge >= 0.3 is 51.4 Å². The second-order valence-electron chi connectivity index (χ2n) is 6.40. The first kappa shape index (κ1) is 26.7. The molecule has 2 atom stereocenters. The van der Waals surface area contributed by atoms with Crippen LogP contribution < -0.4 is 51.4 Å². The van der Waals surface area contributed by atoms with Gasteiger partial charge in [0.25, 0.3) is 0 Å². The van der Waals surface area contributed by atoms with Crippen molar-refractivity contribution < 1.29 is 69.5 Å². The van der Waals surface area contributed by atoms with Crippen LogP contribution in [-0.2, 0) is 10.1 Å². The molecule has 0 aliphatic heterocycles. The average Bonchev–Trinajstić information content (AvgIpc) is 2.43. The van der Waals surface area contributed by atoms with Gasteiger partial charge < -0.3 is 9.66 Å². The zero-order valence-electron chi connectivity index (χ0n) is 15.4. The monoisotopic (exact) mass is 374 g/mol. The summed E-state index contributed by atoms with van der Waals surface area (Å²) in [5.41, 5.74) is 0. The first-order valence-corrected chi connectivity index (χ1v) is 10.5. The van der Waals surface area contributed by atoms with E-state index in [1.807, 2.05) is 6.92 Å². The number of unbranched alkanes of at least 4 members (excludes halogenated alkanes) is 6. The Hall–Kier alpha value is 1.51. The SMILES string of the molecule is CCCCC(CCCCCCCCC(O)CCC)S(=O)(=O)[O-].[K+]. The first-order chi connectivity index (χ1) is 10.4. The van der Waals surface area contributed by atoms with E-state index in [9.17, 15) is 18.1 Å². The van der Waals surface area contributed by atoms with Crippen molar-refractivity contribution in [2.24, 2.45) is 0 Å². The minimum Gasteiger partial charge on any atom is -0.748 e. The molecule has 0 bridgehead atoms. The van der Waals surface area contributed by atoms with Crippen LogP contribution in [0, 0.1) is 0 Å². The van der Waals surface area contributed by atoms with E-state index in [0.717, 1.165) is 70.6 Å². The molecule has 0 amide bonds. The molecule has 0 saturated heterocycles. The van der Waals surface area contributed by atoms with Gasteiger partial charge in [-0.05, 0) is 25.7 Å². The summed E-state index contributed by atoms with van der Waals surface area (Å²) in [5.74, 6) is 0. The minimum absolute atomic E-state index is 0. The normalized spacial score (nSPS) is 14.3. The van der Waals surface area contributed by atoms with Gasteiger partial charge in [-0.25, -0.2) is 8.42 Å². The van der Waals surface area contributed by atoms with Crippen LogP contribution in [0.15, 0.2) is 0 Å². The zero-order valence-corrected chi connectivity index (χ0v) is 19.4. The smallest absolute Gasteiger partial charge is 0.748 e. The van der Waals surface area contributed by atoms with Crippen LogP contribution in [0.5, 0.6) is 0 Å². The van der Waals surface area contributed by atoms with E-state index in [2.05, 4.69) is 6.92 Å². The summed E-state index contributed by atoms with van der Waals surface area (Å²) < 4.78 is 33.5. The van der Waals surface area contributed by atoms with Gasteiger partial charge in [0.1, 0.15) is 0 Å². The van der Waals surface area contributed by atoms with Crippen LogP contribution in [0.25, 0.3) is 0 Å². The summed E-state index contributed by atoms with van der Waals surface area (Å²) in [7, 11) is -4.13. The van der Waals surface area contributed by atoms with Crippen LogP contribution >= 0.6 is 0 Å². The van der Waals surface area contributed by atoms with Gasteiger partial charge in [-0.15, -0.1) is 0 Å². The van der Waals surface area contributed by atoms with Crippen molar-refractivity contribution in [1.82, 2.24) is 0 Å². The molecule has 23 heavy (non-hydrogen) atoms. The Morgan fingerprint density at radius 2 is 1.26 bits per heavy atom. The maximum absolute atomic E-state index is 11.2. The number of aliphatic hydroxyl groups excluding tert-OH is 1. The predicted molar refractivity (Wildman–Crippen MR) is 90.9 cm³/mol. The van der Waals surface area contributed by atoms with Crippen molar-refractivity contribution in [1.29, 1.82) is 0 Å². The molecule has 0 rings (SSSR count). The maximum Gasteiger partial charge on any atom is 1.00 e. The fourth-order valence-electron chi connectivity index (χ4n) is 2.80. The van der Waals surface area contributed by atoms with Crippen molar-refractivity contribution in [3.05, 3.63) is 0 Å².